The van der Waals surface area contributed by atoms with Crippen LogP contribution in [0.4, 0.5) is 0 Å². The summed E-state index contributed by atoms with van der Waals surface area (Å²) >= 11 is 0. The molecule has 2 rings (SSSR count). The molecule has 2 aromatic rings. The summed E-state index contributed by atoms with van der Waals surface area (Å²) in [6, 6.07) is 10.2. The van der Waals surface area contributed by atoms with E-state index >= 15 is 0 Å². The Labute approximate surface area is 153 Å². The molecule has 2 amide bonds. The quantitative estimate of drug-likeness (QED) is 0.562. The highest BCUT2D eigenvalue weighted by Gasteiger charge is 2.09. The molecule has 0 aliphatic carbocycles. The van der Waals surface area contributed by atoms with Gasteiger partial charge >= 0.3 is 0 Å². The van der Waals surface area contributed by atoms with Gasteiger partial charge in [0.15, 0.2) is 0 Å². The van der Waals surface area contributed by atoms with E-state index in [-0.39, 0.29) is 0 Å². The normalized spacial score (nSPS) is 10.2. The Morgan fingerprint density at radius 3 is 2.19 bits per heavy atom. The summed E-state index contributed by atoms with van der Waals surface area (Å²) in [6.07, 6.45) is 6.06. The number of pyridine rings is 1. The van der Waals surface area contributed by atoms with Gasteiger partial charge in [0.05, 0.1) is 12.2 Å². The minimum absolute atomic E-state index is 0.378. The predicted octanol–water partition coefficient (Wildman–Crippen LogP) is 3.42. The fourth-order valence-corrected chi connectivity index (χ4v) is 2.28. The Balaban J connectivity index is 1.78. The lowest BCUT2D eigenvalue weighted by Crippen LogP contribution is -2.41. The third-order valence-electron chi connectivity index (χ3n) is 3.85. The van der Waals surface area contributed by atoms with Gasteiger partial charge in [-0.2, -0.15) is 0 Å². The van der Waals surface area contributed by atoms with Gasteiger partial charge in [-0.3, -0.25) is 25.4 Å². The highest BCUT2D eigenvalue weighted by atomic mass is 16.5. The fraction of sp³-hybridized carbons (Fsp3) is 0.350. The molecule has 6 nitrogen and oxygen atoms in total. The van der Waals surface area contributed by atoms with Crippen LogP contribution in [0.25, 0.3) is 0 Å². The van der Waals surface area contributed by atoms with Crippen molar-refractivity contribution in [1.82, 2.24) is 15.8 Å². The van der Waals surface area contributed by atoms with Crippen molar-refractivity contribution >= 4 is 11.8 Å². The molecule has 0 bridgehead atoms. The Bertz CT molecular complexity index is 712. The number of unbranched alkanes of at least 4 members (excludes halogenated alkanes) is 3. The third kappa shape index (κ3) is 6.20. The van der Waals surface area contributed by atoms with Gasteiger partial charge in [-0.05, 0) is 49.7 Å². The fourth-order valence-electron chi connectivity index (χ4n) is 2.28. The minimum Gasteiger partial charge on any atom is -0.494 e. The van der Waals surface area contributed by atoms with Crippen molar-refractivity contribution in [2.24, 2.45) is 0 Å². The summed E-state index contributed by atoms with van der Waals surface area (Å²) in [5.74, 6) is -0.0846. The molecular weight excluding hydrogens is 330 g/mol. The van der Waals surface area contributed by atoms with Crippen LogP contribution >= 0.6 is 0 Å². The molecule has 1 heterocycles. The molecule has 0 aliphatic heterocycles. The molecule has 0 spiro atoms. The second-order valence-electron chi connectivity index (χ2n) is 6.03. The molecule has 0 atom stereocenters. The summed E-state index contributed by atoms with van der Waals surface area (Å²) in [4.78, 5) is 28.1. The van der Waals surface area contributed by atoms with Crippen LogP contribution in [0, 0.1) is 6.92 Å². The van der Waals surface area contributed by atoms with Crippen LogP contribution in [0.15, 0.2) is 42.6 Å². The van der Waals surface area contributed by atoms with Gasteiger partial charge in [-0.15, -0.1) is 0 Å². The summed E-state index contributed by atoms with van der Waals surface area (Å²) in [6.45, 7) is 4.68. The van der Waals surface area contributed by atoms with Crippen molar-refractivity contribution in [1.29, 1.82) is 0 Å². The highest BCUT2D eigenvalue weighted by Crippen LogP contribution is 2.13. The highest BCUT2D eigenvalue weighted by molar-refractivity contribution is 5.98. The first-order valence-corrected chi connectivity index (χ1v) is 8.86. The van der Waals surface area contributed by atoms with Gasteiger partial charge in [-0.25, -0.2) is 0 Å². The number of carbonyl (C=O) groups is 2. The second kappa shape index (κ2) is 10.2. The molecule has 0 radical (unpaired) electrons. The maximum absolute atomic E-state index is 12.1. The van der Waals surface area contributed by atoms with Crippen molar-refractivity contribution in [3.05, 3.63) is 59.4 Å². The number of hydrazine groups is 1. The van der Waals surface area contributed by atoms with Crippen LogP contribution in [0.1, 0.15) is 59.0 Å². The van der Waals surface area contributed by atoms with Gasteiger partial charge in [0.25, 0.3) is 11.8 Å². The van der Waals surface area contributed by atoms with E-state index in [1.807, 2.05) is 6.92 Å². The third-order valence-corrected chi connectivity index (χ3v) is 3.85. The van der Waals surface area contributed by atoms with E-state index in [9.17, 15) is 9.59 Å². The van der Waals surface area contributed by atoms with Gasteiger partial charge in [0.2, 0.25) is 0 Å². The molecule has 6 heteroatoms. The maximum atomic E-state index is 12.1. The van der Waals surface area contributed by atoms with E-state index in [1.54, 1.807) is 36.4 Å². The molecule has 0 unspecified atom stereocenters. The largest absolute Gasteiger partial charge is 0.494 e. The van der Waals surface area contributed by atoms with E-state index in [1.165, 1.54) is 19.0 Å². The van der Waals surface area contributed by atoms with E-state index in [0.717, 1.165) is 24.3 Å². The van der Waals surface area contributed by atoms with Crippen molar-refractivity contribution in [3.8, 4) is 5.75 Å². The second-order valence-corrected chi connectivity index (χ2v) is 6.03. The zero-order valence-corrected chi connectivity index (χ0v) is 15.2. The molecule has 1 aromatic carbocycles. The van der Waals surface area contributed by atoms with Gasteiger partial charge in [-0.1, -0.05) is 26.2 Å². The summed E-state index contributed by atoms with van der Waals surface area (Å²) < 4.78 is 5.64. The SMILES string of the molecule is CCCCCCOc1ccc(C(=O)NNC(=O)c2ccc(C)nc2)cc1. The van der Waals surface area contributed by atoms with E-state index in [0.29, 0.717) is 17.7 Å². The van der Waals surface area contributed by atoms with Crippen LogP contribution in [0.3, 0.4) is 0 Å². The molecule has 1 aromatic heterocycles. The van der Waals surface area contributed by atoms with Crippen molar-refractivity contribution < 1.29 is 14.3 Å². The number of amides is 2. The molecule has 0 saturated carbocycles. The predicted molar refractivity (Wildman–Crippen MR) is 100.0 cm³/mol. The lowest BCUT2D eigenvalue weighted by molar-refractivity contribution is 0.0846. The smallest absolute Gasteiger partial charge is 0.271 e. The topological polar surface area (TPSA) is 80.3 Å². The number of rotatable bonds is 8. The number of nitrogens with zero attached hydrogens (tertiary/aromatic N) is 1. The number of hydrogen-bond donors (Lipinski definition) is 2. The molecule has 2 N–H and O–H groups in total. The van der Waals surface area contributed by atoms with E-state index in [4.69, 9.17) is 4.74 Å². The zero-order chi connectivity index (χ0) is 18.8. The van der Waals surface area contributed by atoms with Crippen LogP contribution in [-0.4, -0.2) is 23.4 Å². The Hall–Kier alpha value is -2.89. The van der Waals surface area contributed by atoms with Gasteiger partial charge < -0.3 is 4.74 Å². The lowest BCUT2D eigenvalue weighted by atomic mass is 10.2. The Kier molecular flexibility index (Phi) is 7.61. The van der Waals surface area contributed by atoms with Crippen LogP contribution in [0.2, 0.25) is 0 Å². The first-order valence-electron chi connectivity index (χ1n) is 8.86. The number of nitrogens with one attached hydrogen (secondary N) is 2. The molecule has 0 aliphatic rings. The molecule has 0 fully saturated rings. The average Bonchev–Trinajstić information content (AvgIpc) is 2.66. The first-order chi connectivity index (χ1) is 12.6. The van der Waals surface area contributed by atoms with Crippen LogP contribution in [0.5, 0.6) is 5.75 Å². The van der Waals surface area contributed by atoms with E-state index in [2.05, 4.69) is 22.8 Å². The summed E-state index contributed by atoms with van der Waals surface area (Å²) in [5, 5.41) is 0. The zero-order valence-electron chi connectivity index (χ0n) is 15.2. The monoisotopic (exact) mass is 355 g/mol. The van der Waals surface area contributed by atoms with Crippen molar-refractivity contribution in [3.63, 3.8) is 0 Å². The number of aromatic nitrogens is 1. The van der Waals surface area contributed by atoms with Crippen LogP contribution < -0.4 is 15.6 Å². The van der Waals surface area contributed by atoms with Crippen LogP contribution in [-0.2, 0) is 0 Å². The molecule has 26 heavy (non-hydrogen) atoms. The summed E-state index contributed by atoms with van der Waals surface area (Å²) in [7, 11) is 0. The van der Waals surface area contributed by atoms with Crippen molar-refractivity contribution in [2.75, 3.05) is 6.61 Å². The van der Waals surface area contributed by atoms with E-state index < -0.39 is 11.8 Å². The van der Waals surface area contributed by atoms with Gasteiger partial charge in [0.1, 0.15) is 5.75 Å². The lowest BCUT2D eigenvalue weighted by Gasteiger charge is -2.09. The first kappa shape index (κ1) is 19.4. The standard InChI is InChI=1S/C20H25N3O3/c1-3-4-5-6-13-26-18-11-9-16(10-12-18)19(24)22-23-20(25)17-8-7-15(2)21-14-17/h7-12,14H,3-6,13H2,1-2H3,(H,22,24)(H,23,25). The minimum atomic E-state index is -0.419. The Morgan fingerprint density at radius 1 is 0.923 bits per heavy atom. The molecular formula is C20H25N3O3. The number of hydrogen-bond acceptors (Lipinski definition) is 4. The van der Waals surface area contributed by atoms with Gasteiger partial charge in [0, 0.05) is 17.5 Å². The molecule has 0 saturated heterocycles. The number of ether oxygens (including phenoxy) is 1. The Morgan fingerprint density at radius 2 is 1.58 bits per heavy atom. The average molecular weight is 355 g/mol. The molecule has 138 valence electrons. The summed E-state index contributed by atoms with van der Waals surface area (Å²) in [5.41, 5.74) is 6.40. The number of benzene rings is 1. The number of carbonyl (C=O) groups excluding carboxylic acids is 2. The number of aryl methyl sites for hydroxylation is 1. The maximum Gasteiger partial charge on any atom is 0.271 e. The van der Waals surface area contributed by atoms with Crippen molar-refractivity contribution in [2.45, 2.75) is 39.5 Å².